The summed E-state index contributed by atoms with van der Waals surface area (Å²) in [5.74, 6) is 1.12. The molecule has 1 saturated heterocycles. The van der Waals surface area contributed by atoms with Gasteiger partial charge in [0.1, 0.15) is 0 Å². The second kappa shape index (κ2) is 10.5. The lowest BCUT2D eigenvalue weighted by Crippen LogP contribution is -2.40. The molecule has 1 heterocycles. The predicted molar refractivity (Wildman–Crippen MR) is 126 cm³/mol. The molecule has 1 aliphatic heterocycles. The van der Waals surface area contributed by atoms with E-state index in [0.29, 0.717) is 0 Å². The maximum Gasteiger partial charge on any atom is 0.228 e. The number of benzene rings is 3. The monoisotopic (exact) mass is 416 g/mol. The van der Waals surface area contributed by atoms with E-state index < -0.39 is 0 Å². The molecule has 1 fully saturated rings. The van der Waals surface area contributed by atoms with E-state index >= 15 is 0 Å². The fourth-order valence-corrected chi connectivity index (χ4v) is 4.74. The third-order valence-electron chi connectivity index (χ3n) is 5.50. The minimum atomic E-state index is 0.0516. The number of likely N-dealkylation sites (tertiary alicyclic amines) is 1. The minimum absolute atomic E-state index is 0.0516. The summed E-state index contributed by atoms with van der Waals surface area (Å²) in [6.07, 6.45) is 2.03. The van der Waals surface area contributed by atoms with Gasteiger partial charge in [-0.15, -0.1) is 11.8 Å². The zero-order chi connectivity index (χ0) is 20.6. The molecule has 1 unspecified atom stereocenters. The topological polar surface area (TPSA) is 32.3 Å². The summed E-state index contributed by atoms with van der Waals surface area (Å²) in [4.78, 5) is 16.5. The molecule has 0 aliphatic carbocycles. The van der Waals surface area contributed by atoms with Crippen LogP contribution in [0.2, 0.25) is 0 Å². The molecule has 1 N–H and O–H groups in total. The second-order valence-corrected chi connectivity index (χ2v) is 8.90. The lowest BCUT2D eigenvalue weighted by atomic mass is 9.96. The number of hydrogen-bond donors (Lipinski definition) is 1. The van der Waals surface area contributed by atoms with Crippen molar-refractivity contribution in [3.05, 3.63) is 96.1 Å². The number of anilines is 1. The van der Waals surface area contributed by atoms with Gasteiger partial charge in [-0.3, -0.25) is 9.69 Å². The van der Waals surface area contributed by atoms with Gasteiger partial charge in [0.15, 0.2) is 0 Å². The minimum Gasteiger partial charge on any atom is -0.326 e. The smallest absolute Gasteiger partial charge is 0.228 e. The van der Waals surface area contributed by atoms with Gasteiger partial charge in [0.05, 0.1) is 5.92 Å². The summed E-state index contributed by atoms with van der Waals surface area (Å²) in [5, 5.41) is 3.12. The Balaban J connectivity index is 1.27. The number of piperidine rings is 1. The van der Waals surface area contributed by atoms with Crippen molar-refractivity contribution in [3.8, 4) is 0 Å². The van der Waals surface area contributed by atoms with E-state index in [1.807, 2.05) is 36.0 Å². The molecule has 3 aromatic rings. The molecule has 1 atom stereocenters. The van der Waals surface area contributed by atoms with Gasteiger partial charge >= 0.3 is 0 Å². The molecular formula is C26H28N2OS. The Kier molecular flexibility index (Phi) is 7.22. The fraction of sp³-hybridized carbons (Fsp3) is 0.269. The van der Waals surface area contributed by atoms with E-state index in [0.717, 1.165) is 43.9 Å². The van der Waals surface area contributed by atoms with Crippen LogP contribution in [0.25, 0.3) is 0 Å². The van der Waals surface area contributed by atoms with E-state index in [1.54, 1.807) is 0 Å². The summed E-state index contributed by atoms with van der Waals surface area (Å²) < 4.78 is 0. The first kappa shape index (κ1) is 20.7. The van der Waals surface area contributed by atoms with E-state index in [9.17, 15) is 4.79 Å². The first-order valence-electron chi connectivity index (χ1n) is 10.6. The molecule has 1 aliphatic rings. The number of amides is 1. The van der Waals surface area contributed by atoms with Crippen molar-refractivity contribution in [3.63, 3.8) is 0 Å². The molecule has 4 heteroatoms. The molecule has 3 aromatic carbocycles. The van der Waals surface area contributed by atoms with Crippen LogP contribution < -0.4 is 5.32 Å². The molecule has 3 nitrogen and oxygen atoms in total. The van der Waals surface area contributed by atoms with Gasteiger partial charge in [0.25, 0.3) is 0 Å². The molecule has 0 bridgehead atoms. The van der Waals surface area contributed by atoms with Crippen molar-refractivity contribution in [2.24, 2.45) is 5.92 Å². The standard InChI is InChI=1S/C26H28N2OS/c29-26(23-10-7-17-28(19-23)18-21-8-3-1-4-9-21)27-24-15-13-22(14-16-24)20-30-25-11-5-2-6-12-25/h1-6,8-9,11-16,23H,7,10,17-20H2,(H,27,29). The lowest BCUT2D eigenvalue weighted by Gasteiger charge is -2.32. The van der Waals surface area contributed by atoms with Crippen molar-refractivity contribution >= 4 is 23.4 Å². The molecule has 1 amide bonds. The second-order valence-electron chi connectivity index (χ2n) is 7.85. The Labute approximate surface area is 183 Å². The average molecular weight is 417 g/mol. The summed E-state index contributed by atoms with van der Waals surface area (Å²) in [7, 11) is 0. The summed E-state index contributed by atoms with van der Waals surface area (Å²) in [6, 6.07) is 29.2. The highest BCUT2D eigenvalue weighted by molar-refractivity contribution is 7.98. The highest BCUT2D eigenvalue weighted by Gasteiger charge is 2.25. The molecule has 0 saturated carbocycles. The maximum atomic E-state index is 12.8. The highest BCUT2D eigenvalue weighted by Crippen LogP contribution is 2.24. The summed E-state index contributed by atoms with van der Waals surface area (Å²) in [6.45, 7) is 2.80. The van der Waals surface area contributed by atoms with Crippen LogP contribution in [0.3, 0.4) is 0 Å². The number of nitrogens with one attached hydrogen (secondary N) is 1. The van der Waals surface area contributed by atoms with Crippen LogP contribution in [0.4, 0.5) is 5.69 Å². The number of carbonyl (C=O) groups is 1. The van der Waals surface area contributed by atoms with Gasteiger partial charge < -0.3 is 5.32 Å². The number of thioether (sulfide) groups is 1. The Morgan fingerprint density at radius 3 is 2.33 bits per heavy atom. The molecular weight excluding hydrogens is 388 g/mol. The van der Waals surface area contributed by atoms with Crippen LogP contribution in [-0.2, 0) is 17.1 Å². The van der Waals surface area contributed by atoms with Crippen LogP contribution in [0.1, 0.15) is 24.0 Å². The van der Waals surface area contributed by atoms with Crippen LogP contribution >= 0.6 is 11.8 Å². The first-order chi connectivity index (χ1) is 14.8. The summed E-state index contributed by atoms with van der Waals surface area (Å²) in [5.41, 5.74) is 3.45. The third kappa shape index (κ3) is 5.97. The largest absolute Gasteiger partial charge is 0.326 e. The van der Waals surface area contributed by atoms with Gasteiger partial charge in [-0.05, 0) is 54.8 Å². The number of carbonyl (C=O) groups excluding carboxylic acids is 1. The van der Waals surface area contributed by atoms with Gasteiger partial charge in [-0.1, -0.05) is 60.7 Å². The Morgan fingerprint density at radius 2 is 1.60 bits per heavy atom. The van der Waals surface area contributed by atoms with Crippen LogP contribution in [-0.4, -0.2) is 23.9 Å². The van der Waals surface area contributed by atoms with Crippen LogP contribution in [0.15, 0.2) is 89.8 Å². The third-order valence-corrected chi connectivity index (χ3v) is 6.58. The first-order valence-corrected chi connectivity index (χ1v) is 11.6. The highest BCUT2D eigenvalue weighted by atomic mass is 32.2. The van der Waals surface area contributed by atoms with Crippen molar-refractivity contribution < 1.29 is 4.79 Å². The SMILES string of the molecule is O=C(Nc1ccc(CSc2ccccc2)cc1)C1CCCN(Cc2ccccc2)C1. The Hall–Kier alpha value is -2.56. The number of nitrogens with zero attached hydrogens (tertiary/aromatic N) is 1. The quantitative estimate of drug-likeness (QED) is 0.492. The zero-order valence-corrected chi connectivity index (χ0v) is 18.0. The molecule has 30 heavy (non-hydrogen) atoms. The van der Waals surface area contributed by atoms with Gasteiger partial charge in [-0.2, -0.15) is 0 Å². The maximum absolute atomic E-state index is 12.8. The Morgan fingerprint density at radius 1 is 0.900 bits per heavy atom. The Bertz CT molecular complexity index is 928. The normalized spacial score (nSPS) is 16.9. The molecule has 0 radical (unpaired) electrons. The average Bonchev–Trinajstić information content (AvgIpc) is 2.80. The zero-order valence-electron chi connectivity index (χ0n) is 17.2. The van der Waals surface area contributed by atoms with Gasteiger partial charge in [-0.25, -0.2) is 0 Å². The van der Waals surface area contributed by atoms with E-state index in [4.69, 9.17) is 0 Å². The van der Waals surface area contributed by atoms with E-state index in [1.165, 1.54) is 16.0 Å². The molecule has 0 spiro atoms. The van der Waals surface area contributed by atoms with E-state index in [2.05, 4.69) is 70.9 Å². The molecule has 0 aromatic heterocycles. The predicted octanol–water partition coefficient (Wildman–Crippen LogP) is 5.83. The van der Waals surface area contributed by atoms with Crippen LogP contribution in [0, 0.1) is 5.92 Å². The molecule has 4 rings (SSSR count). The van der Waals surface area contributed by atoms with E-state index in [-0.39, 0.29) is 11.8 Å². The molecule has 154 valence electrons. The number of rotatable bonds is 7. The van der Waals surface area contributed by atoms with Crippen molar-refractivity contribution in [1.82, 2.24) is 4.90 Å². The lowest BCUT2D eigenvalue weighted by molar-refractivity contribution is -0.121. The fourth-order valence-electron chi connectivity index (χ4n) is 3.87. The summed E-state index contributed by atoms with van der Waals surface area (Å²) >= 11 is 1.82. The van der Waals surface area contributed by atoms with Crippen molar-refractivity contribution in [1.29, 1.82) is 0 Å². The van der Waals surface area contributed by atoms with Crippen molar-refractivity contribution in [2.75, 3.05) is 18.4 Å². The van der Waals surface area contributed by atoms with Crippen molar-refractivity contribution in [2.45, 2.75) is 30.0 Å². The number of hydrogen-bond acceptors (Lipinski definition) is 3. The van der Waals surface area contributed by atoms with Gasteiger partial charge in [0.2, 0.25) is 5.91 Å². The van der Waals surface area contributed by atoms with Gasteiger partial charge in [0, 0.05) is 29.4 Å². The van der Waals surface area contributed by atoms with Crippen LogP contribution in [0.5, 0.6) is 0 Å².